The minimum absolute atomic E-state index is 0.442. The molecular weight excluding hydrogens is 350 g/mol. The number of amides is 2. The molecule has 6 heteroatoms. The van der Waals surface area contributed by atoms with Gasteiger partial charge in [0.15, 0.2) is 0 Å². The fourth-order valence-electron chi connectivity index (χ4n) is 3.19. The Balaban J connectivity index is 1.61. The Morgan fingerprint density at radius 2 is 1.65 bits per heavy atom. The van der Waals surface area contributed by atoms with Crippen molar-refractivity contribution in [2.45, 2.75) is 13.8 Å². The van der Waals surface area contributed by atoms with Crippen molar-refractivity contribution in [2.75, 3.05) is 36.4 Å². The van der Waals surface area contributed by atoms with E-state index in [1.165, 1.54) is 0 Å². The first-order chi connectivity index (χ1) is 12.5. The monoisotopic (exact) mass is 371 g/mol. The molecule has 0 bridgehead atoms. The summed E-state index contributed by atoms with van der Waals surface area (Å²) in [6, 6.07) is 13.8. The summed E-state index contributed by atoms with van der Waals surface area (Å²) in [6.07, 6.45) is 0. The van der Waals surface area contributed by atoms with Gasteiger partial charge in [-0.2, -0.15) is 0 Å². The van der Waals surface area contributed by atoms with E-state index in [2.05, 4.69) is 10.2 Å². The van der Waals surface area contributed by atoms with Gasteiger partial charge in [0.05, 0.1) is 10.7 Å². The number of nitrogens with zero attached hydrogens (tertiary/aromatic N) is 2. The maximum Gasteiger partial charge on any atom is 0.313 e. The Labute approximate surface area is 158 Å². The van der Waals surface area contributed by atoms with Crippen molar-refractivity contribution in [2.24, 2.45) is 0 Å². The number of aryl methyl sites for hydroxylation is 2. The molecule has 0 aromatic heterocycles. The number of halogens is 1. The van der Waals surface area contributed by atoms with Crippen LogP contribution in [0.2, 0.25) is 5.02 Å². The van der Waals surface area contributed by atoms with E-state index >= 15 is 0 Å². The van der Waals surface area contributed by atoms with E-state index in [9.17, 15) is 9.59 Å². The van der Waals surface area contributed by atoms with Gasteiger partial charge in [-0.25, -0.2) is 0 Å². The van der Waals surface area contributed by atoms with E-state index in [1.807, 2.05) is 50.2 Å². The third kappa shape index (κ3) is 3.99. The molecule has 1 aliphatic heterocycles. The highest BCUT2D eigenvalue weighted by Crippen LogP contribution is 2.27. The average Bonchev–Trinajstić information content (AvgIpc) is 2.64. The second-order valence-corrected chi connectivity index (χ2v) is 6.91. The van der Waals surface area contributed by atoms with Crippen LogP contribution in [0.5, 0.6) is 0 Å². The number of nitrogens with one attached hydrogen (secondary N) is 1. The molecule has 1 fully saturated rings. The summed E-state index contributed by atoms with van der Waals surface area (Å²) >= 11 is 6.21. The predicted octanol–water partition coefficient (Wildman–Crippen LogP) is 3.24. The highest BCUT2D eigenvalue weighted by atomic mass is 35.5. The highest BCUT2D eigenvalue weighted by Gasteiger charge is 2.26. The van der Waals surface area contributed by atoms with Crippen molar-refractivity contribution in [3.8, 4) is 0 Å². The van der Waals surface area contributed by atoms with Crippen molar-refractivity contribution in [3.05, 3.63) is 58.6 Å². The molecule has 5 nitrogen and oxygen atoms in total. The van der Waals surface area contributed by atoms with Gasteiger partial charge < -0.3 is 15.1 Å². The van der Waals surface area contributed by atoms with Crippen LogP contribution in [0.1, 0.15) is 11.1 Å². The van der Waals surface area contributed by atoms with Crippen LogP contribution in [0.15, 0.2) is 42.5 Å². The first-order valence-electron chi connectivity index (χ1n) is 8.62. The lowest BCUT2D eigenvalue weighted by molar-refractivity contribution is -0.143. The summed E-state index contributed by atoms with van der Waals surface area (Å²) in [4.78, 5) is 28.7. The summed E-state index contributed by atoms with van der Waals surface area (Å²) in [7, 11) is 0. The molecule has 26 heavy (non-hydrogen) atoms. The molecule has 1 saturated heterocycles. The number of hydrogen-bond donors (Lipinski definition) is 1. The average molecular weight is 372 g/mol. The summed E-state index contributed by atoms with van der Waals surface area (Å²) in [5.74, 6) is -1.17. The molecule has 3 rings (SSSR count). The van der Waals surface area contributed by atoms with Gasteiger partial charge in [-0.15, -0.1) is 0 Å². The number of piperazine rings is 1. The second kappa shape index (κ2) is 7.79. The molecule has 0 saturated carbocycles. The van der Waals surface area contributed by atoms with Crippen LogP contribution >= 0.6 is 11.6 Å². The largest absolute Gasteiger partial charge is 0.368 e. The lowest BCUT2D eigenvalue weighted by Gasteiger charge is -2.35. The molecule has 1 N–H and O–H groups in total. The molecule has 2 aromatic rings. The Morgan fingerprint density at radius 3 is 2.27 bits per heavy atom. The van der Waals surface area contributed by atoms with Gasteiger partial charge in [0, 0.05) is 31.9 Å². The van der Waals surface area contributed by atoms with Crippen molar-refractivity contribution in [1.82, 2.24) is 4.90 Å². The molecule has 2 aromatic carbocycles. The second-order valence-electron chi connectivity index (χ2n) is 6.51. The summed E-state index contributed by atoms with van der Waals surface area (Å²) < 4.78 is 0. The highest BCUT2D eigenvalue weighted by molar-refractivity contribution is 6.41. The van der Waals surface area contributed by atoms with Gasteiger partial charge in [0.25, 0.3) is 0 Å². The number of hydrogen-bond acceptors (Lipinski definition) is 3. The van der Waals surface area contributed by atoms with Crippen molar-refractivity contribution >= 4 is 34.8 Å². The Bertz CT molecular complexity index is 792. The Kier molecular flexibility index (Phi) is 5.47. The number of carbonyl (C=O) groups excluding carboxylic acids is 2. The van der Waals surface area contributed by atoms with E-state index in [-0.39, 0.29) is 0 Å². The van der Waals surface area contributed by atoms with E-state index in [0.29, 0.717) is 36.9 Å². The Morgan fingerprint density at radius 1 is 1.00 bits per heavy atom. The van der Waals surface area contributed by atoms with Gasteiger partial charge in [0.1, 0.15) is 0 Å². The lowest BCUT2D eigenvalue weighted by Crippen LogP contribution is -2.51. The van der Waals surface area contributed by atoms with Crippen LogP contribution in [0.3, 0.4) is 0 Å². The van der Waals surface area contributed by atoms with E-state index in [1.54, 1.807) is 11.0 Å². The van der Waals surface area contributed by atoms with E-state index in [0.717, 1.165) is 16.8 Å². The molecule has 0 spiro atoms. The Hall–Kier alpha value is -2.53. The van der Waals surface area contributed by atoms with Crippen LogP contribution in [0.25, 0.3) is 0 Å². The normalized spacial score (nSPS) is 14.3. The van der Waals surface area contributed by atoms with Gasteiger partial charge in [-0.1, -0.05) is 35.9 Å². The smallest absolute Gasteiger partial charge is 0.313 e. The first-order valence-corrected chi connectivity index (χ1v) is 9.00. The topological polar surface area (TPSA) is 52.7 Å². The zero-order chi connectivity index (χ0) is 18.7. The molecule has 0 radical (unpaired) electrons. The van der Waals surface area contributed by atoms with Gasteiger partial charge in [-0.05, 0) is 43.2 Å². The number of carbonyl (C=O) groups is 2. The molecule has 1 aliphatic rings. The van der Waals surface area contributed by atoms with E-state index in [4.69, 9.17) is 11.6 Å². The minimum atomic E-state index is -0.646. The fourth-order valence-corrected chi connectivity index (χ4v) is 3.56. The molecule has 0 atom stereocenters. The minimum Gasteiger partial charge on any atom is -0.368 e. The van der Waals surface area contributed by atoms with Crippen molar-refractivity contribution in [1.29, 1.82) is 0 Å². The van der Waals surface area contributed by atoms with Crippen LogP contribution < -0.4 is 10.2 Å². The standard InChI is InChI=1S/C20H22ClN3O2/c1-14-12-15(2)18(17(21)13-14)22-19(25)20(26)24-10-8-23(9-11-24)16-6-4-3-5-7-16/h3-7,12-13H,8-11H2,1-2H3,(H,22,25). The zero-order valence-corrected chi connectivity index (χ0v) is 15.7. The molecule has 2 amide bonds. The van der Waals surface area contributed by atoms with Gasteiger partial charge in [-0.3, -0.25) is 9.59 Å². The molecule has 0 unspecified atom stereocenters. The maximum atomic E-state index is 12.5. The fraction of sp³-hybridized carbons (Fsp3) is 0.300. The summed E-state index contributed by atoms with van der Waals surface area (Å²) in [6.45, 7) is 6.23. The molecule has 136 valence electrons. The van der Waals surface area contributed by atoms with E-state index < -0.39 is 11.8 Å². The van der Waals surface area contributed by atoms with Gasteiger partial charge in [0.2, 0.25) is 0 Å². The summed E-state index contributed by atoms with van der Waals surface area (Å²) in [5.41, 5.74) is 3.48. The lowest BCUT2D eigenvalue weighted by atomic mass is 10.1. The van der Waals surface area contributed by atoms with Crippen LogP contribution in [-0.2, 0) is 9.59 Å². The third-order valence-corrected chi connectivity index (χ3v) is 4.85. The quantitative estimate of drug-likeness (QED) is 0.824. The molecule has 1 heterocycles. The van der Waals surface area contributed by atoms with Crippen LogP contribution in [0, 0.1) is 13.8 Å². The number of para-hydroxylation sites is 1. The van der Waals surface area contributed by atoms with Crippen LogP contribution in [0.4, 0.5) is 11.4 Å². The zero-order valence-electron chi connectivity index (χ0n) is 15.0. The number of rotatable bonds is 2. The first kappa shape index (κ1) is 18.3. The van der Waals surface area contributed by atoms with Crippen LogP contribution in [-0.4, -0.2) is 42.9 Å². The van der Waals surface area contributed by atoms with Crippen molar-refractivity contribution in [3.63, 3.8) is 0 Å². The number of anilines is 2. The van der Waals surface area contributed by atoms with Gasteiger partial charge >= 0.3 is 11.8 Å². The maximum absolute atomic E-state index is 12.5. The molecular formula is C20H22ClN3O2. The molecule has 0 aliphatic carbocycles. The summed E-state index contributed by atoms with van der Waals surface area (Å²) in [5, 5.41) is 3.11. The SMILES string of the molecule is Cc1cc(C)c(NC(=O)C(=O)N2CCN(c3ccccc3)CC2)c(Cl)c1. The predicted molar refractivity (Wildman–Crippen MR) is 105 cm³/mol. The third-order valence-electron chi connectivity index (χ3n) is 4.55. The number of benzene rings is 2. The van der Waals surface area contributed by atoms with Crippen molar-refractivity contribution < 1.29 is 9.59 Å².